The van der Waals surface area contributed by atoms with E-state index >= 15 is 0 Å². The molecule has 4 heteroatoms. The second-order valence-electron chi connectivity index (χ2n) is 3.23. The van der Waals surface area contributed by atoms with Crippen LogP contribution in [0.25, 0.3) is 0 Å². The molecule has 0 aromatic carbocycles. The van der Waals surface area contributed by atoms with Gasteiger partial charge in [0, 0.05) is 19.0 Å². The number of urea groups is 1. The molecule has 2 amide bonds. The number of nitrogens with zero attached hydrogens (tertiary/aromatic N) is 1. The summed E-state index contributed by atoms with van der Waals surface area (Å²) in [6, 6.07) is -0.348. The van der Waals surface area contributed by atoms with Gasteiger partial charge in [0.25, 0.3) is 0 Å². The molecule has 0 spiro atoms. The molecule has 0 saturated carbocycles. The summed E-state index contributed by atoms with van der Waals surface area (Å²) in [7, 11) is 0. The molecule has 1 saturated heterocycles. The van der Waals surface area contributed by atoms with Crippen LogP contribution in [0.15, 0.2) is 0 Å². The number of nitrogens with two attached hydrogens (primary N) is 1. The van der Waals surface area contributed by atoms with Crippen molar-refractivity contribution in [2.75, 3.05) is 6.54 Å². The van der Waals surface area contributed by atoms with Crippen molar-refractivity contribution in [1.82, 2.24) is 4.90 Å². The molecule has 4 nitrogen and oxygen atoms in total. The van der Waals surface area contributed by atoms with Crippen molar-refractivity contribution in [3.05, 3.63) is 0 Å². The SMILES string of the molecule is CC(=O)CC1CCCN1C(N)=O. The summed E-state index contributed by atoms with van der Waals surface area (Å²) in [6.07, 6.45) is 2.31. The van der Waals surface area contributed by atoms with E-state index in [0.29, 0.717) is 13.0 Å². The van der Waals surface area contributed by atoms with Crippen LogP contribution in [0.1, 0.15) is 26.2 Å². The van der Waals surface area contributed by atoms with E-state index in [9.17, 15) is 9.59 Å². The fourth-order valence-corrected chi connectivity index (χ4v) is 1.67. The first-order valence-electron chi connectivity index (χ1n) is 4.17. The molecule has 0 aliphatic carbocycles. The minimum absolute atomic E-state index is 0.0556. The zero-order valence-electron chi connectivity index (χ0n) is 7.25. The summed E-state index contributed by atoms with van der Waals surface area (Å²) in [6.45, 7) is 2.24. The first-order valence-corrected chi connectivity index (χ1v) is 4.17. The van der Waals surface area contributed by atoms with Gasteiger partial charge in [0.05, 0.1) is 0 Å². The van der Waals surface area contributed by atoms with Crippen molar-refractivity contribution < 1.29 is 9.59 Å². The molecule has 1 aliphatic heterocycles. The number of Topliss-reactive ketones (excluding diaryl/α,β-unsaturated/α-hetero) is 1. The van der Waals surface area contributed by atoms with Gasteiger partial charge in [0.2, 0.25) is 0 Å². The lowest BCUT2D eigenvalue weighted by Gasteiger charge is -2.21. The largest absolute Gasteiger partial charge is 0.351 e. The van der Waals surface area contributed by atoms with Crippen LogP contribution in [0.3, 0.4) is 0 Å². The highest BCUT2D eigenvalue weighted by atomic mass is 16.2. The topological polar surface area (TPSA) is 63.4 Å². The molecule has 12 heavy (non-hydrogen) atoms. The minimum atomic E-state index is -0.404. The average molecular weight is 170 g/mol. The van der Waals surface area contributed by atoms with Crippen LogP contribution in [0.2, 0.25) is 0 Å². The monoisotopic (exact) mass is 170 g/mol. The zero-order chi connectivity index (χ0) is 9.14. The number of hydrogen-bond donors (Lipinski definition) is 1. The fourth-order valence-electron chi connectivity index (χ4n) is 1.67. The number of amides is 2. The molecule has 0 bridgehead atoms. The summed E-state index contributed by atoms with van der Waals surface area (Å²) in [4.78, 5) is 23.2. The van der Waals surface area contributed by atoms with E-state index < -0.39 is 6.03 Å². The van der Waals surface area contributed by atoms with E-state index in [4.69, 9.17) is 5.73 Å². The molecule has 1 atom stereocenters. The Bertz CT molecular complexity index is 203. The number of carbonyl (C=O) groups is 2. The highest BCUT2D eigenvalue weighted by molar-refractivity contribution is 5.78. The molecule has 0 aromatic rings. The predicted octanol–water partition coefficient (Wildman–Crippen LogP) is 0.509. The Morgan fingerprint density at radius 1 is 1.58 bits per heavy atom. The maximum absolute atomic E-state index is 10.8. The fraction of sp³-hybridized carbons (Fsp3) is 0.750. The molecule has 1 heterocycles. The van der Waals surface area contributed by atoms with E-state index in [1.54, 1.807) is 4.90 Å². The Hall–Kier alpha value is -1.06. The Balaban J connectivity index is 2.52. The Kier molecular flexibility index (Phi) is 2.68. The van der Waals surface area contributed by atoms with Gasteiger partial charge >= 0.3 is 6.03 Å². The molecule has 1 aliphatic rings. The van der Waals surface area contributed by atoms with E-state index in [1.165, 1.54) is 6.92 Å². The van der Waals surface area contributed by atoms with Gasteiger partial charge in [-0.05, 0) is 19.8 Å². The number of hydrogen-bond acceptors (Lipinski definition) is 2. The van der Waals surface area contributed by atoms with Crippen molar-refractivity contribution in [2.45, 2.75) is 32.2 Å². The molecule has 0 aromatic heterocycles. The van der Waals surface area contributed by atoms with Crippen molar-refractivity contribution in [2.24, 2.45) is 5.73 Å². The maximum atomic E-state index is 10.8. The summed E-state index contributed by atoms with van der Waals surface area (Å²) >= 11 is 0. The Morgan fingerprint density at radius 3 is 2.75 bits per heavy atom. The van der Waals surface area contributed by atoms with Crippen molar-refractivity contribution in [3.63, 3.8) is 0 Å². The van der Waals surface area contributed by atoms with Crippen LogP contribution < -0.4 is 5.73 Å². The Morgan fingerprint density at radius 2 is 2.25 bits per heavy atom. The second kappa shape index (κ2) is 3.56. The minimum Gasteiger partial charge on any atom is -0.351 e. The predicted molar refractivity (Wildman–Crippen MR) is 44.6 cm³/mol. The number of primary amides is 1. The molecule has 1 rings (SSSR count). The van der Waals surface area contributed by atoms with Gasteiger partial charge in [-0.2, -0.15) is 0 Å². The van der Waals surface area contributed by atoms with Gasteiger partial charge in [0.1, 0.15) is 5.78 Å². The van der Waals surface area contributed by atoms with Crippen LogP contribution in [0.4, 0.5) is 4.79 Å². The molecule has 1 unspecified atom stereocenters. The highest BCUT2D eigenvalue weighted by Gasteiger charge is 2.27. The van der Waals surface area contributed by atoms with Gasteiger partial charge in [-0.25, -0.2) is 4.79 Å². The first-order chi connectivity index (χ1) is 5.61. The molecular weight excluding hydrogens is 156 g/mol. The smallest absolute Gasteiger partial charge is 0.315 e. The van der Waals surface area contributed by atoms with Crippen LogP contribution in [0, 0.1) is 0 Å². The molecule has 1 fully saturated rings. The van der Waals surface area contributed by atoms with E-state index in [0.717, 1.165) is 12.8 Å². The van der Waals surface area contributed by atoms with Gasteiger partial charge in [-0.15, -0.1) is 0 Å². The molecular formula is C8H14N2O2. The van der Waals surface area contributed by atoms with Crippen molar-refractivity contribution in [1.29, 1.82) is 0 Å². The quantitative estimate of drug-likeness (QED) is 0.656. The van der Waals surface area contributed by atoms with Gasteiger partial charge in [-0.3, -0.25) is 4.79 Å². The normalized spacial score (nSPS) is 22.8. The van der Waals surface area contributed by atoms with Crippen LogP contribution in [0.5, 0.6) is 0 Å². The summed E-state index contributed by atoms with van der Waals surface area (Å²) in [5.74, 6) is 0.119. The third-order valence-corrected chi connectivity index (χ3v) is 2.18. The molecule has 68 valence electrons. The first kappa shape index (κ1) is 9.03. The zero-order valence-corrected chi connectivity index (χ0v) is 7.25. The number of rotatable bonds is 2. The number of ketones is 1. The lowest BCUT2D eigenvalue weighted by molar-refractivity contribution is -0.117. The number of carbonyl (C=O) groups excluding carboxylic acids is 2. The molecule has 0 radical (unpaired) electrons. The standard InChI is InChI=1S/C8H14N2O2/c1-6(11)5-7-3-2-4-10(7)8(9)12/h7H,2-5H2,1H3,(H2,9,12). The van der Waals surface area contributed by atoms with Crippen LogP contribution >= 0.6 is 0 Å². The van der Waals surface area contributed by atoms with E-state index in [-0.39, 0.29) is 11.8 Å². The van der Waals surface area contributed by atoms with Crippen LogP contribution in [-0.4, -0.2) is 29.3 Å². The summed E-state index contributed by atoms with van der Waals surface area (Å²) in [5.41, 5.74) is 5.14. The third-order valence-electron chi connectivity index (χ3n) is 2.18. The summed E-state index contributed by atoms with van der Waals surface area (Å²) < 4.78 is 0. The number of likely N-dealkylation sites (tertiary alicyclic amines) is 1. The van der Waals surface area contributed by atoms with Crippen molar-refractivity contribution >= 4 is 11.8 Å². The lowest BCUT2D eigenvalue weighted by Crippen LogP contribution is -2.40. The van der Waals surface area contributed by atoms with Gasteiger partial charge in [-0.1, -0.05) is 0 Å². The van der Waals surface area contributed by atoms with E-state index in [1.807, 2.05) is 0 Å². The summed E-state index contributed by atoms with van der Waals surface area (Å²) in [5, 5.41) is 0. The average Bonchev–Trinajstić information content (AvgIpc) is 2.33. The molecule has 2 N–H and O–H groups in total. The lowest BCUT2D eigenvalue weighted by atomic mass is 10.1. The van der Waals surface area contributed by atoms with Gasteiger partial charge in [0.15, 0.2) is 0 Å². The third kappa shape index (κ3) is 1.96. The van der Waals surface area contributed by atoms with Gasteiger partial charge < -0.3 is 10.6 Å². The van der Waals surface area contributed by atoms with E-state index in [2.05, 4.69) is 0 Å². The van der Waals surface area contributed by atoms with Crippen LogP contribution in [-0.2, 0) is 4.79 Å². The van der Waals surface area contributed by atoms with Crippen molar-refractivity contribution in [3.8, 4) is 0 Å². The maximum Gasteiger partial charge on any atom is 0.315 e. The highest BCUT2D eigenvalue weighted by Crippen LogP contribution is 2.19. The second-order valence-corrected chi connectivity index (χ2v) is 3.23. The Labute approximate surface area is 71.7 Å².